The number of aliphatic hydroxyl groups is 1. The van der Waals surface area contributed by atoms with Crippen LogP contribution in [-0.2, 0) is 0 Å². The highest BCUT2D eigenvalue weighted by Crippen LogP contribution is 2.33. The second-order valence-electron chi connectivity index (χ2n) is 7.55. The summed E-state index contributed by atoms with van der Waals surface area (Å²) < 4.78 is 0. The third-order valence-electron chi connectivity index (χ3n) is 5.13. The van der Waals surface area contributed by atoms with Gasteiger partial charge in [-0.15, -0.1) is 0 Å². The van der Waals surface area contributed by atoms with Crippen LogP contribution >= 0.6 is 0 Å². The van der Waals surface area contributed by atoms with Crippen LogP contribution in [0.15, 0.2) is 12.1 Å². The molecule has 0 spiro atoms. The van der Waals surface area contributed by atoms with Crippen LogP contribution in [0.25, 0.3) is 0 Å². The quantitative estimate of drug-likeness (QED) is 0.497. The molecule has 0 heterocycles. The summed E-state index contributed by atoms with van der Waals surface area (Å²) in [4.78, 5) is 25.6. The number of hydrogen-bond acceptors (Lipinski definition) is 6. The van der Waals surface area contributed by atoms with E-state index in [9.17, 15) is 20.0 Å². The maximum atomic E-state index is 12.9. The first-order chi connectivity index (χ1) is 12.7. The van der Waals surface area contributed by atoms with Gasteiger partial charge < -0.3 is 20.6 Å². The number of aliphatic hydroxyl groups excluding tert-OH is 1. The Hall–Kier alpha value is -2.35. The van der Waals surface area contributed by atoms with Crippen molar-refractivity contribution in [3.05, 3.63) is 27.8 Å². The van der Waals surface area contributed by atoms with E-state index in [0.717, 1.165) is 25.7 Å². The standard InChI is InChI=1S/C19H30N4O4/c1-12-5-7-14(8-6-12)21-19(25)15-9-18(23(26)27)16(20-3)10-17(15)22(4)11-13(2)24/h9-10,12-14,20,24H,5-8,11H2,1-4H3,(H,21,25)/t12-,13?,14-. The minimum atomic E-state index is -0.598. The Kier molecular flexibility index (Phi) is 7.01. The lowest BCUT2D eigenvalue weighted by molar-refractivity contribution is -0.383. The van der Waals surface area contributed by atoms with Gasteiger partial charge in [0.25, 0.3) is 11.6 Å². The van der Waals surface area contributed by atoms with Gasteiger partial charge in [0.1, 0.15) is 5.69 Å². The molecule has 0 saturated heterocycles. The molecule has 1 aromatic rings. The van der Waals surface area contributed by atoms with Crippen molar-refractivity contribution in [1.29, 1.82) is 0 Å². The summed E-state index contributed by atoms with van der Waals surface area (Å²) in [5.74, 6) is 0.356. The Balaban J connectivity index is 2.36. The average molecular weight is 378 g/mol. The number of carbonyl (C=O) groups excluding carboxylic acids is 1. The van der Waals surface area contributed by atoms with E-state index in [0.29, 0.717) is 23.8 Å². The average Bonchev–Trinajstić information content (AvgIpc) is 2.61. The molecule has 1 aromatic carbocycles. The second kappa shape index (κ2) is 9.03. The van der Waals surface area contributed by atoms with Crippen molar-refractivity contribution in [2.24, 2.45) is 5.92 Å². The number of nitro groups is 1. The highest BCUT2D eigenvalue weighted by atomic mass is 16.6. The molecule has 1 saturated carbocycles. The number of benzene rings is 1. The number of likely N-dealkylation sites (N-methyl/N-ethyl adjacent to an activating group) is 1. The number of nitrogens with one attached hydrogen (secondary N) is 2. The molecule has 0 bridgehead atoms. The minimum absolute atomic E-state index is 0.0895. The van der Waals surface area contributed by atoms with Crippen LogP contribution in [0.5, 0.6) is 0 Å². The van der Waals surface area contributed by atoms with Crippen molar-refractivity contribution in [3.63, 3.8) is 0 Å². The number of nitrogens with zero attached hydrogens (tertiary/aromatic N) is 2. The van der Waals surface area contributed by atoms with Crippen molar-refractivity contribution in [2.45, 2.75) is 51.7 Å². The molecule has 1 fully saturated rings. The molecule has 27 heavy (non-hydrogen) atoms. The Morgan fingerprint density at radius 1 is 1.37 bits per heavy atom. The van der Waals surface area contributed by atoms with E-state index >= 15 is 0 Å². The van der Waals surface area contributed by atoms with Crippen LogP contribution in [-0.4, -0.2) is 48.7 Å². The molecule has 0 aliphatic heterocycles. The summed E-state index contributed by atoms with van der Waals surface area (Å²) in [6, 6.07) is 3.01. The summed E-state index contributed by atoms with van der Waals surface area (Å²) in [6.07, 6.45) is 3.38. The zero-order chi connectivity index (χ0) is 20.1. The maximum Gasteiger partial charge on any atom is 0.293 e. The fourth-order valence-electron chi connectivity index (χ4n) is 3.59. The molecule has 2 rings (SSSR count). The van der Waals surface area contributed by atoms with E-state index in [4.69, 9.17) is 0 Å². The van der Waals surface area contributed by atoms with E-state index in [2.05, 4.69) is 17.6 Å². The smallest absolute Gasteiger partial charge is 0.293 e. The van der Waals surface area contributed by atoms with Gasteiger partial charge in [0.15, 0.2) is 0 Å². The van der Waals surface area contributed by atoms with Crippen LogP contribution < -0.4 is 15.5 Å². The molecule has 8 heteroatoms. The first kappa shape index (κ1) is 21.0. The molecular formula is C19H30N4O4. The lowest BCUT2D eigenvalue weighted by Crippen LogP contribution is -2.38. The number of hydrogen-bond donors (Lipinski definition) is 3. The Morgan fingerprint density at radius 2 is 2.00 bits per heavy atom. The fourth-order valence-corrected chi connectivity index (χ4v) is 3.59. The van der Waals surface area contributed by atoms with Crippen molar-refractivity contribution < 1.29 is 14.8 Å². The van der Waals surface area contributed by atoms with E-state index in [-0.39, 0.29) is 23.2 Å². The topological polar surface area (TPSA) is 108 Å². The molecule has 1 unspecified atom stereocenters. The zero-order valence-electron chi connectivity index (χ0n) is 16.5. The van der Waals surface area contributed by atoms with Gasteiger partial charge in [0.2, 0.25) is 0 Å². The summed E-state index contributed by atoms with van der Waals surface area (Å²) in [6.45, 7) is 4.17. The van der Waals surface area contributed by atoms with E-state index in [1.165, 1.54) is 6.07 Å². The molecule has 3 N–H and O–H groups in total. The summed E-state index contributed by atoms with van der Waals surface area (Å²) in [5.41, 5.74) is 0.986. The van der Waals surface area contributed by atoms with Gasteiger partial charge in [-0.1, -0.05) is 6.92 Å². The second-order valence-corrected chi connectivity index (χ2v) is 7.55. The van der Waals surface area contributed by atoms with E-state index in [1.807, 2.05) is 0 Å². The monoisotopic (exact) mass is 378 g/mol. The summed E-state index contributed by atoms with van der Waals surface area (Å²) in [5, 5.41) is 27.0. The predicted octanol–water partition coefficient (Wildman–Crippen LogP) is 2.76. The molecular weight excluding hydrogens is 348 g/mol. The molecule has 1 atom stereocenters. The molecule has 0 radical (unpaired) electrons. The van der Waals surface area contributed by atoms with Gasteiger partial charge in [-0.25, -0.2) is 0 Å². The zero-order valence-corrected chi connectivity index (χ0v) is 16.5. The number of carbonyl (C=O) groups is 1. The fraction of sp³-hybridized carbons (Fsp3) is 0.632. The normalized spacial score (nSPS) is 20.6. The van der Waals surface area contributed by atoms with Gasteiger partial charge in [-0.2, -0.15) is 0 Å². The van der Waals surface area contributed by atoms with Crippen LogP contribution in [0.4, 0.5) is 17.1 Å². The molecule has 8 nitrogen and oxygen atoms in total. The Morgan fingerprint density at radius 3 is 2.52 bits per heavy atom. The van der Waals surface area contributed by atoms with Crippen molar-refractivity contribution in [3.8, 4) is 0 Å². The van der Waals surface area contributed by atoms with Crippen LogP contribution in [0.3, 0.4) is 0 Å². The lowest BCUT2D eigenvalue weighted by atomic mass is 9.87. The van der Waals surface area contributed by atoms with Crippen LogP contribution in [0, 0.1) is 16.0 Å². The summed E-state index contributed by atoms with van der Waals surface area (Å²) >= 11 is 0. The Bertz CT molecular complexity index is 685. The highest BCUT2D eigenvalue weighted by molar-refractivity contribution is 6.02. The minimum Gasteiger partial charge on any atom is -0.392 e. The third-order valence-corrected chi connectivity index (χ3v) is 5.13. The number of rotatable bonds is 7. The molecule has 150 valence electrons. The van der Waals surface area contributed by atoms with Crippen molar-refractivity contribution in [2.75, 3.05) is 30.9 Å². The molecule has 1 aliphatic rings. The first-order valence-corrected chi connectivity index (χ1v) is 9.43. The molecule has 0 aromatic heterocycles. The SMILES string of the molecule is CNc1cc(N(C)CC(C)O)c(C(=O)N[C@H]2CC[C@H](C)CC2)cc1[N+](=O)[O-]. The van der Waals surface area contributed by atoms with Gasteiger partial charge in [-0.3, -0.25) is 14.9 Å². The van der Waals surface area contributed by atoms with Crippen LogP contribution in [0.1, 0.15) is 49.9 Å². The lowest BCUT2D eigenvalue weighted by Gasteiger charge is -2.28. The van der Waals surface area contributed by atoms with Crippen LogP contribution in [0.2, 0.25) is 0 Å². The predicted molar refractivity (Wildman–Crippen MR) is 106 cm³/mol. The van der Waals surface area contributed by atoms with Gasteiger partial charge in [0, 0.05) is 32.7 Å². The van der Waals surface area contributed by atoms with Crippen molar-refractivity contribution in [1.82, 2.24) is 5.32 Å². The maximum absolute atomic E-state index is 12.9. The molecule has 1 amide bonds. The van der Waals surface area contributed by atoms with Gasteiger partial charge in [-0.05, 0) is 44.6 Å². The summed E-state index contributed by atoms with van der Waals surface area (Å²) in [7, 11) is 3.36. The van der Waals surface area contributed by atoms with E-state index < -0.39 is 11.0 Å². The van der Waals surface area contributed by atoms with Gasteiger partial charge >= 0.3 is 0 Å². The largest absolute Gasteiger partial charge is 0.392 e. The first-order valence-electron chi connectivity index (χ1n) is 9.43. The number of nitro benzene ring substituents is 1. The number of anilines is 2. The van der Waals surface area contributed by atoms with Gasteiger partial charge in [0.05, 0.1) is 22.3 Å². The molecule has 1 aliphatic carbocycles. The van der Waals surface area contributed by atoms with E-state index in [1.54, 1.807) is 32.0 Å². The Labute approximate surface area is 160 Å². The number of amides is 1. The highest BCUT2D eigenvalue weighted by Gasteiger charge is 2.26. The third kappa shape index (κ3) is 5.32. The van der Waals surface area contributed by atoms with Crippen molar-refractivity contribution >= 4 is 23.0 Å².